The van der Waals surface area contributed by atoms with Gasteiger partial charge in [0.2, 0.25) is 0 Å². The van der Waals surface area contributed by atoms with Gasteiger partial charge in [0.25, 0.3) is 0 Å². The third kappa shape index (κ3) is 3.27. The summed E-state index contributed by atoms with van der Waals surface area (Å²) in [6.45, 7) is 1.88. The lowest BCUT2D eigenvalue weighted by Gasteiger charge is -2.16. The number of carboxylic acids is 1. The van der Waals surface area contributed by atoms with Crippen LogP contribution in [0.4, 0.5) is 10.1 Å². The van der Waals surface area contributed by atoms with Crippen LogP contribution in [0.25, 0.3) is 0 Å². The molecular weight excluding hydrogens is 281 g/mol. The number of benzene rings is 2. The molecule has 0 aliphatic carbocycles. The predicted octanol–water partition coefficient (Wildman–Crippen LogP) is 4.35. The van der Waals surface area contributed by atoms with Crippen molar-refractivity contribution in [3.63, 3.8) is 0 Å². The van der Waals surface area contributed by atoms with Crippen LogP contribution in [-0.4, -0.2) is 11.1 Å². The van der Waals surface area contributed by atoms with Gasteiger partial charge >= 0.3 is 5.97 Å². The Bertz CT molecular complexity index is 646. The smallest absolute Gasteiger partial charge is 0.337 e. The lowest BCUT2D eigenvalue weighted by atomic mass is 10.1. The highest BCUT2D eigenvalue weighted by Gasteiger charge is 2.11. The largest absolute Gasteiger partial charge is 0.478 e. The maximum absolute atomic E-state index is 13.2. The summed E-state index contributed by atoms with van der Waals surface area (Å²) in [6, 6.07) is 10.8. The van der Waals surface area contributed by atoms with Crippen LogP contribution in [-0.2, 0) is 0 Å². The van der Waals surface area contributed by atoms with E-state index in [1.165, 1.54) is 18.2 Å². The molecule has 1 atom stereocenters. The van der Waals surface area contributed by atoms with Crippen LogP contribution in [0.1, 0.15) is 28.9 Å². The third-order valence-electron chi connectivity index (χ3n) is 2.93. The van der Waals surface area contributed by atoms with Crippen LogP contribution < -0.4 is 5.32 Å². The van der Waals surface area contributed by atoms with Crippen molar-refractivity contribution in [2.45, 2.75) is 13.0 Å². The summed E-state index contributed by atoms with van der Waals surface area (Å²) in [6.07, 6.45) is 0. The fourth-order valence-corrected chi connectivity index (χ4v) is 2.15. The van der Waals surface area contributed by atoms with Crippen molar-refractivity contribution in [3.8, 4) is 0 Å². The molecule has 1 unspecified atom stereocenters. The van der Waals surface area contributed by atoms with Gasteiger partial charge in [-0.3, -0.25) is 0 Å². The summed E-state index contributed by atoms with van der Waals surface area (Å²) in [5.41, 5.74) is 1.52. The molecule has 0 amide bonds. The Kier molecular flexibility index (Phi) is 4.25. The molecule has 20 heavy (non-hydrogen) atoms. The number of carboxylic acid groups (broad SMARTS) is 1. The Balaban J connectivity index is 2.18. The highest BCUT2D eigenvalue weighted by molar-refractivity contribution is 6.33. The van der Waals surface area contributed by atoms with Gasteiger partial charge in [-0.15, -0.1) is 0 Å². The molecule has 0 radical (unpaired) electrons. The normalized spacial score (nSPS) is 11.9. The molecule has 0 bridgehead atoms. The fourth-order valence-electron chi connectivity index (χ4n) is 1.89. The van der Waals surface area contributed by atoms with E-state index in [4.69, 9.17) is 16.7 Å². The lowest BCUT2D eigenvalue weighted by molar-refractivity contribution is 0.0697. The molecule has 104 valence electrons. The zero-order valence-corrected chi connectivity index (χ0v) is 11.5. The minimum absolute atomic E-state index is 0.0515. The van der Waals surface area contributed by atoms with Gasteiger partial charge in [-0.2, -0.15) is 0 Å². The van der Waals surface area contributed by atoms with Crippen LogP contribution in [0.3, 0.4) is 0 Å². The number of anilines is 1. The first-order valence-corrected chi connectivity index (χ1v) is 6.40. The van der Waals surface area contributed by atoms with Crippen molar-refractivity contribution in [2.24, 2.45) is 0 Å². The summed E-state index contributed by atoms with van der Waals surface area (Å²) in [5, 5.41) is 12.2. The third-order valence-corrected chi connectivity index (χ3v) is 3.24. The average Bonchev–Trinajstić information content (AvgIpc) is 2.38. The quantitative estimate of drug-likeness (QED) is 0.881. The topological polar surface area (TPSA) is 49.3 Å². The summed E-state index contributed by atoms with van der Waals surface area (Å²) >= 11 is 5.90. The Hall–Kier alpha value is -2.07. The highest BCUT2D eigenvalue weighted by atomic mass is 35.5. The van der Waals surface area contributed by atoms with Crippen molar-refractivity contribution < 1.29 is 14.3 Å². The first-order chi connectivity index (χ1) is 9.47. The molecule has 0 spiro atoms. The second-order valence-corrected chi connectivity index (χ2v) is 4.83. The monoisotopic (exact) mass is 293 g/mol. The number of carbonyl (C=O) groups is 1. The van der Waals surface area contributed by atoms with Gasteiger partial charge in [-0.25, -0.2) is 9.18 Å². The van der Waals surface area contributed by atoms with E-state index in [2.05, 4.69) is 5.32 Å². The second kappa shape index (κ2) is 5.92. The standard InChI is InChI=1S/C15H13ClFNO2/c1-9(10-3-2-4-11(17)7-10)18-12-5-6-13(15(19)20)14(16)8-12/h2-9,18H,1H3,(H,19,20). The molecular formula is C15H13ClFNO2. The summed E-state index contributed by atoms with van der Waals surface area (Å²) in [5.74, 6) is -1.37. The van der Waals surface area contributed by atoms with Gasteiger partial charge in [0.05, 0.1) is 10.6 Å². The van der Waals surface area contributed by atoms with Gasteiger partial charge in [0, 0.05) is 11.7 Å². The van der Waals surface area contributed by atoms with Gasteiger partial charge in [0.15, 0.2) is 0 Å². The predicted molar refractivity (Wildman–Crippen MR) is 76.8 cm³/mol. The molecule has 2 rings (SSSR count). The van der Waals surface area contributed by atoms with Crippen molar-refractivity contribution in [2.75, 3.05) is 5.32 Å². The number of halogens is 2. The van der Waals surface area contributed by atoms with E-state index in [9.17, 15) is 9.18 Å². The van der Waals surface area contributed by atoms with Crippen molar-refractivity contribution >= 4 is 23.3 Å². The van der Waals surface area contributed by atoms with Crippen LogP contribution in [0.15, 0.2) is 42.5 Å². The van der Waals surface area contributed by atoms with Gasteiger partial charge in [0.1, 0.15) is 5.82 Å². The Labute approximate surface area is 121 Å². The van der Waals surface area contributed by atoms with E-state index in [-0.39, 0.29) is 22.4 Å². The molecule has 2 aromatic rings. The molecule has 0 heterocycles. The van der Waals surface area contributed by atoms with Crippen molar-refractivity contribution in [3.05, 3.63) is 64.4 Å². The molecule has 3 nitrogen and oxygen atoms in total. The lowest BCUT2D eigenvalue weighted by Crippen LogP contribution is -2.07. The summed E-state index contributed by atoms with van der Waals surface area (Å²) in [7, 11) is 0. The zero-order valence-electron chi connectivity index (χ0n) is 10.7. The van der Waals surface area contributed by atoms with E-state index < -0.39 is 5.97 Å². The number of nitrogens with one attached hydrogen (secondary N) is 1. The summed E-state index contributed by atoms with van der Waals surface area (Å²) in [4.78, 5) is 10.9. The number of rotatable bonds is 4. The van der Waals surface area contributed by atoms with E-state index in [0.29, 0.717) is 5.69 Å². The Morgan fingerprint density at radius 3 is 2.65 bits per heavy atom. The first-order valence-electron chi connectivity index (χ1n) is 6.02. The van der Waals surface area contributed by atoms with E-state index in [1.54, 1.807) is 18.2 Å². The molecule has 5 heteroatoms. The molecule has 0 aromatic heterocycles. The SMILES string of the molecule is CC(Nc1ccc(C(=O)O)c(Cl)c1)c1cccc(F)c1. The first kappa shape index (κ1) is 14.3. The zero-order chi connectivity index (χ0) is 14.7. The fraction of sp³-hybridized carbons (Fsp3) is 0.133. The minimum atomic E-state index is -1.07. The molecule has 0 fully saturated rings. The maximum Gasteiger partial charge on any atom is 0.337 e. The van der Waals surface area contributed by atoms with E-state index >= 15 is 0 Å². The maximum atomic E-state index is 13.2. The van der Waals surface area contributed by atoms with Crippen LogP contribution >= 0.6 is 11.6 Å². The Morgan fingerprint density at radius 1 is 1.30 bits per heavy atom. The number of hydrogen-bond donors (Lipinski definition) is 2. The van der Waals surface area contributed by atoms with Crippen molar-refractivity contribution in [1.29, 1.82) is 0 Å². The van der Waals surface area contributed by atoms with Crippen LogP contribution in [0.2, 0.25) is 5.02 Å². The molecule has 0 aliphatic heterocycles. The molecule has 0 saturated carbocycles. The molecule has 2 aromatic carbocycles. The highest BCUT2D eigenvalue weighted by Crippen LogP contribution is 2.25. The molecule has 0 aliphatic rings. The molecule has 0 saturated heterocycles. The average molecular weight is 294 g/mol. The number of aromatic carboxylic acids is 1. The van der Waals surface area contributed by atoms with Crippen LogP contribution in [0, 0.1) is 5.82 Å². The van der Waals surface area contributed by atoms with Gasteiger partial charge < -0.3 is 10.4 Å². The minimum Gasteiger partial charge on any atom is -0.478 e. The van der Waals surface area contributed by atoms with Gasteiger partial charge in [-0.1, -0.05) is 23.7 Å². The molecule has 2 N–H and O–H groups in total. The van der Waals surface area contributed by atoms with Crippen LogP contribution in [0.5, 0.6) is 0 Å². The van der Waals surface area contributed by atoms with E-state index in [0.717, 1.165) is 5.56 Å². The van der Waals surface area contributed by atoms with Crippen molar-refractivity contribution in [1.82, 2.24) is 0 Å². The van der Waals surface area contributed by atoms with Gasteiger partial charge in [-0.05, 0) is 42.8 Å². The Morgan fingerprint density at radius 2 is 2.05 bits per heavy atom. The summed E-state index contributed by atoms with van der Waals surface area (Å²) < 4.78 is 13.2. The second-order valence-electron chi connectivity index (χ2n) is 4.42. The van der Waals surface area contributed by atoms with E-state index in [1.807, 2.05) is 13.0 Å². The number of hydrogen-bond acceptors (Lipinski definition) is 2.